The van der Waals surface area contributed by atoms with Crippen LogP contribution in [0.15, 0.2) is 22.8 Å². The molecule has 1 aromatic heterocycles. The zero-order valence-electron chi connectivity index (χ0n) is 10.5. The molecule has 0 radical (unpaired) electrons. The number of likely N-dealkylation sites (tertiary alicyclic amines) is 1. The van der Waals surface area contributed by atoms with Gasteiger partial charge in [0.1, 0.15) is 12.4 Å². The van der Waals surface area contributed by atoms with Crippen LogP contribution >= 0.6 is 0 Å². The SMILES string of the molecule is OC1CCCN(CC(O)COCc2ccco2)C1. The van der Waals surface area contributed by atoms with Crippen LogP contribution in [0.2, 0.25) is 0 Å². The van der Waals surface area contributed by atoms with Crippen molar-refractivity contribution in [1.29, 1.82) is 0 Å². The molecule has 0 amide bonds. The van der Waals surface area contributed by atoms with Crippen molar-refractivity contribution in [3.05, 3.63) is 24.2 Å². The number of hydrogen-bond acceptors (Lipinski definition) is 5. The van der Waals surface area contributed by atoms with Crippen LogP contribution in [0.25, 0.3) is 0 Å². The molecule has 5 heteroatoms. The number of furan rings is 1. The fourth-order valence-corrected chi connectivity index (χ4v) is 2.24. The molecule has 0 bridgehead atoms. The lowest BCUT2D eigenvalue weighted by Gasteiger charge is -2.31. The molecule has 2 heterocycles. The first-order valence-electron chi connectivity index (χ1n) is 6.42. The third-order valence-electron chi connectivity index (χ3n) is 3.08. The van der Waals surface area contributed by atoms with Crippen molar-refractivity contribution in [3.8, 4) is 0 Å². The Hall–Kier alpha value is -0.880. The van der Waals surface area contributed by atoms with E-state index in [-0.39, 0.29) is 12.7 Å². The summed E-state index contributed by atoms with van der Waals surface area (Å²) >= 11 is 0. The lowest BCUT2D eigenvalue weighted by atomic mass is 10.1. The first-order chi connectivity index (χ1) is 8.74. The van der Waals surface area contributed by atoms with Crippen LogP contribution < -0.4 is 0 Å². The van der Waals surface area contributed by atoms with Gasteiger partial charge in [-0.2, -0.15) is 0 Å². The summed E-state index contributed by atoms with van der Waals surface area (Å²) in [6.07, 6.45) is 2.67. The number of aliphatic hydroxyl groups excluding tert-OH is 2. The maximum absolute atomic E-state index is 9.84. The van der Waals surface area contributed by atoms with Crippen molar-refractivity contribution in [2.75, 3.05) is 26.2 Å². The van der Waals surface area contributed by atoms with Crippen LogP contribution in [0.5, 0.6) is 0 Å². The number of aliphatic hydroxyl groups is 2. The van der Waals surface area contributed by atoms with E-state index in [4.69, 9.17) is 9.15 Å². The highest BCUT2D eigenvalue weighted by atomic mass is 16.5. The molecule has 0 aromatic carbocycles. The first-order valence-corrected chi connectivity index (χ1v) is 6.42. The monoisotopic (exact) mass is 255 g/mol. The zero-order valence-corrected chi connectivity index (χ0v) is 10.5. The van der Waals surface area contributed by atoms with Gasteiger partial charge in [-0.05, 0) is 31.5 Å². The molecule has 1 fully saturated rings. The van der Waals surface area contributed by atoms with E-state index in [2.05, 4.69) is 4.90 Å². The summed E-state index contributed by atoms with van der Waals surface area (Å²) in [6, 6.07) is 3.65. The second-order valence-corrected chi connectivity index (χ2v) is 4.80. The van der Waals surface area contributed by atoms with Crippen LogP contribution in [0, 0.1) is 0 Å². The molecule has 1 saturated heterocycles. The van der Waals surface area contributed by atoms with Gasteiger partial charge < -0.3 is 19.4 Å². The second kappa shape index (κ2) is 6.89. The largest absolute Gasteiger partial charge is 0.467 e. The summed E-state index contributed by atoms with van der Waals surface area (Å²) in [5.41, 5.74) is 0. The van der Waals surface area contributed by atoms with Crippen LogP contribution in [-0.2, 0) is 11.3 Å². The number of rotatable bonds is 6. The Labute approximate surface area is 107 Å². The molecule has 2 N–H and O–H groups in total. The van der Waals surface area contributed by atoms with Gasteiger partial charge in [0.2, 0.25) is 0 Å². The van der Waals surface area contributed by atoms with Gasteiger partial charge in [-0.15, -0.1) is 0 Å². The minimum atomic E-state index is -0.523. The molecule has 0 saturated carbocycles. The molecule has 1 aliphatic heterocycles. The Morgan fingerprint density at radius 2 is 2.44 bits per heavy atom. The van der Waals surface area contributed by atoms with Crippen molar-refractivity contribution in [2.24, 2.45) is 0 Å². The lowest BCUT2D eigenvalue weighted by Crippen LogP contribution is -2.43. The van der Waals surface area contributed by atoms with E-state index in [0.717, 1.165) is 25.1 Å². The van der Waals surface area contributed by atoms with E-state index in [1.807, 2.05) is 12.1 Å². The van der Waals surface area contributed by atoms with Crippen molar-refractivity contribution in [1.82, 2.24) is 4.90 Å². The zero-order chi connectivity index (χ0) is 12.8. The van der Waals surface area contributed by atoms with Gasteiger partial charge in [0.25, 0.3) is 0 Å². The lowest BCUT2D eigenvalue weighted by molar-refractivity contribution is -0.0105. The molecule has 2 rings (SSSR count). The molecule has 1 aromatic rings. The molecular weight excluding hydrogens is 234 g/mol. The van der Waals surface area contributed by atoms with Crippen LogP contribution in [0.4, 0.5) is 0 Å². The van der Waals surface area contributed by atoms with E-state index in [1.54, 1.807) is 6.26 Å². The summed E-state index contributed by atoms with van der Waals surface area (Å²) in [4.78, 5) is 2.08. The summed E-state index contributed by atoms with van der Waals surface area (Å²) in [6.45, 7) is 2.80. The molecule has 18 heavy (non-hydrogen) atoms. The van der Waals surface area contributed by atoms with Gasteiger partial charge in [0, 0.05) is 13.1 Å². The Bertz CT molecular complexity index is 328. The van der Waals surface area contributed by atoms with E-state index < -0.39 is 6.10 Å². The Balaban J connectivity index is 1.61. The molecule has 5 nitrogen and oxygen atoms in total. The quantitative estimate of drug-likeness (QED) is 0.780. The van der Waals surface area contributed by atoms with Gasteiger partial charge >= 0.3 is 0 Å². The Morgan fingerprint density at radius 3 is 3.17 bits per heavy atom. The van der Waals surface area contributed by atoms with E-state index in [0.29, 0.717) is 19.7 Å². The summed E-state index contributed by atoms with van der Waals surface area (Å²) in [5, 5.41) is 19.4. The Morgan fingerprint density at radius 1 is 1.56 bits per heavy atom. The highest BCUT2D eigenvalue weighted by Crippen LogP contribution is 2.10. The molecule has 0 aliphatic carbocycles. The molecule has 2 atom stereocenters. The van der Waals surface area contributed by atoms with Crippen molar-refractivity contribution < 1.29 is 19.4 Å². The van der Waals surface area contributed by atoms with E-state index in [9.17, 15) is 10.2 Å². The maximum Gasteiger partial charge on any atom is 0.129 e. The van der Waals surface area contributed by atoms with Gasteiger partial charge in [0.05, 0.1) is 25.1 Å². The molecule has 2 unspecified atom stereocenters. The van der Waals surface area contributed by atoms with Crippen LogP contribution in [0.3, 0.4) is 0 Å². The van der Waals surface area contributed by atoms with Gasteiger partial charge in [-0.25, -0.2) is 0 Å². The third-order valence-corrected chi connectivity index (χ3v) is 3.08. The van der Waals surface area contributed by atoms with Crippen molar-refractivity contribution in [3.63, 3.8) is 0 Å². The first kappa shape index (κ1) is 13.5. The highest BCUT2D eigenvalue weighted by Gasteiger charge is 2.19. The molecular formula is C13H21NO4. The molecule has 1 aliphatic rings. The third kappa shape index (κ3) is 4.42. The number of ether oxygens (including phenoxy) is 1. The fraction of sp³-hybridized carbons (Fsp3) is 0.692. The number of β-amino-alcohol motifs (C(OH)–C–C–N with tert-alkyl or cyclic N) is 2. The number of hydrogen-bond donors (Lipinski definition) is 2. The number of piperidine rings is 1. The standard InChI is InChI=1S/C13H21NO4/c15-11-3-1-5-14(7-11)8-12(16)9-17-10-13-4-2-6-18-13/h2,4,6,11-12,15-16H,1,3,5,7-10H2. The van der Waals surface area contributed by atoms with Crippen molar-refractivity contribution >= 4 is 0 Å². The maximum atomic E-state index is 9.84. The fourth-order valence-electron chi connectivity index (χ4n) is 2.24. The normalized spacial score (nSPS) is 23.1. The highest BCUT2D eigenvalue weighted by molar-refractivity contribution is 4.96. The summed E-state index contributed by atoms with van der Waals surface area (Å²) in [5.74, 6) is 0.760. The predicted octanol–water partition coefficient (Wildman–Crippen LogP) is 0.614. The van der Waals surface area contributed by atoms with Crippen molar-refractivity contribution in [2.45, 2.75) is 31.7 Å². The van der Waals surface area contributed by atoms with Gasteiger partial charge in [0.15, 0.2) is 0 Å². The molecule has 102 valence electrons. The average Bonchev–Trinajstić information content (AvgIpc) is 2.82. The number of nitrogens with zero attached hydrogens (tertiary/aromatic N) is 1. The topological polar surface area (TPSA) is 66.1 Å². The summed E-state index contributed by atoms with van der Waals surface area (Å²) < 4.78 is 10.5. The molecule has 0 spiro atoms. The predicted molar refractivity (Wildman–Crippen MR) is 66.1 cm³/mol. The smallest absolute Gasteiger partial charge is 0.129 e. The minimum absolute atomic E-state index is 0.255. The van der Waals surface area contributed by atoms with Crippen LogP contribution in [-0.4, -0.2) is 53.6 Å². The van der Waals surface area contributed by atoms with E-state index in [1.165, 1.54) is 0 Å². The Kier molecular flexibility index (Phi) is 5.19. The average molecular weight is 255 g/mol. The van der Waals surface area contributed by atoms with Gasteiger partial charge in [-0.3, -0.25) is 4.90 Å². The van der Waals surface area contributed by atoms with Crippen LogP contribution in [0.1, 0.15) is 18.6 Å². The second-order valence-electron chi connectivity index (χ2n) is 4.80. The van der Waals surface area contributed by atoms with Gasteiger partial charge in [-0.1, -0.05) is 0 Å². The minimum Gasteiger partial charge on any atom is -0.467 e. The summed E-state index contributed by atoms with van der Waals surface area (Å²) in [7, 11) is 0. The van der Waals surface area contributed by atoms with E-state index >= 15 is 0 Å².